The SMILES string of the molecule is C=C1C=C(C)c2cc([I+]c3ccccc3)c(OCC)cc2O1. The molecule has 1 aliphatic rings. The van der Waals surface area contributed by atoms with E-state index in [0.29, 0.717) is 12.4 Å². The molecule has 112 valence electrons. The minimum Gasteiger partial charge on any atom is -0.489 e. The van der Waals surface area contributed by atoms with Gasteiger partial charge in [0.15, 0.2) is 9.32 Å². The van der Waals surface area contributed by atoms with E-state index in [0.717, 1.165) is 17.1 Å². The minimum absolute atomic E-state index is 0.283. The van der Waals surface area contributed by atoms with Gasteiger partial charge in [-0.05, 0) is 37.6 Å². The van der Waals surface area contributed by atoms with Crippen molar-refractivity contribution in [2.24, 2.45) is 0 Å². The fraction of sp³-hybridized carbons (Fsp3) is 0.158. The topological polar surface area (TPSA) is 18.5 Å². The summed E-state index contributed by atoms with van der Waals surface area (Å²) in [5.74, 6) is 2.45. The van der Waals surface area contributed by atoms with Crippen LogP contribution in [0.25, 0.3) is 5.57 Å². The largest absolute Gasteiger partial charge is 0.489 e. The number of rotatable bonds is 4. The monoisotopic (exact) mass is 405 g/mol. The van der Waals surface area contributed by atoms with Gasteiger partial charge in [0, 0.05) is 17.7 Å². The highest BCUT2D eigenvalue weighted by Crippen LogP contribution is 2.35. The Kier molecular flexibility index (Phi) is 4.52. The maximum absolute atomic E-state index is 5.84. The van der Waals surface area contributed by atoms with Crippen LogP contribution in [0.15, 0.2) is 60.9 Å². The Labute approximate surface area is 141 Å². The first kappa shape index (κ1) is 15.2. The van der Waals surface area contributed by atoms with Crippen molar-refractivity contribution in [3.8, 4) is 11.5 Å². The van der Waals surface area contributed by atoms with E-state index in [1.807, 2.05) is 19.1 Å². The lowest BCUT2D eigenvalue weighted by Crippen LogP contribution is -3.61. The smallest absolute Gasteiger partial charge is 0.362 e. The molecule has 3 heteroatoms. The quantitative estimate of drug-likeness (QED) is 0.719. The van der Waals surface area contributed by atoms with E-state index in [1.54, 1.807) is 0 Å². The van der Waals surface area contributed by atoms with Crippen LogP contribution in [0, 0.1) is 7.14 Å². The molecule has 0 fully saturated rings. The molecule has 1 heterocycles. The standard InChI is InChI=1S/C19H18IO2/c1-4-21-19-12-18-16(13(2)10-14(3)22-18)11-17(19)20-15-8-6-5-7-9-15/h5-12H,3-4H2,1-2H3/q+1. The van der Waals surface area contributed by atoms with E-state index in [1.165, 1.54) is 12.7 Å². The molecule has 3 rings (SSSR count). The summed E-state index contributed by atoms with van der Waals surface area (Å²) >= 11 is -0.283. The number of benzene rings is 2. The van der Waals surface area contributed by atoms with Crippen LogP contribution in [-0.4, -0.2) is 6.61 Å². The van der Waals surface area contributed by atoms with Crippen molar-refractivity contribution in [1.82, 2.24) is 0 Å². The van der Waals surface area contributed by atoms with Crippen LogP contribution in [0.5, 0.6) is 11.5 Å². The van der Waals surface area contributed by atoms with Crippen LogP contribution in [0.1, 0.15) is 19.4 Å². The predicted molar refractivity (Wildman–Crippen MR) is 84.9 cm³/mol. The number of hydrogen-bond donors (Lipinski definition) is 0. The molecule has 0 N–H and O–H groups in total. The van der Waals surface area contributed by atoms with E-state index >= 15 is 0 Å². The summed E-state index contributed by atoms with van der Waals surface area (Å²) in [5.41, 5.74) is 2.33. The lowest BCUT2D eigenvalue weighted by molar-refractivity contribution is -0.598. The van der Waals surface area contributed by atoms with Gasteiger partial charge in [0.1, 0.15) is 11.5 Å². The molecule has 0 saturated carbocycles. The Bertz CT molecular complexity index is 733. The fourth-order valence-electron chi connectivity index (χ4n) is 2.35. The zero-order chi connectivity index (χ0) is 15.5. The second kappa shape index (κ2) is 6.57. The Morgan fingerprint density at radius 1 is 1.18 bits per heavy atom. The predicted octanol–water partition coefficient (Wildman–Crippen LogP) is 1.52. The molecular weight excluding hydrogens is 387 g/mol. The molecule has 0 spiro atoms. The van der Waals surface area contributed by atoms with Gasteiger partial charge in [-0.2, -0.15) is 0 Å². The lowest BCUT2D eigenvalue weighted by Gasteiger charge is -2.18. The van der Waals surface area contributed by atoms with Crippen molar-refractivity contribution in [3.63, 3.8) is 0 Å². The van der Waals surface area contributed by atoms with Crippen molar-refractivity contribution >= 4 is 5.57 Å². The molecule has 2 aromatic carbocycles. The van der Waals surface area contributed by atoms with Gasteiger partial charge in [0.25, 0.3) is 0 Å². The second-order valence-corrected chi connectivity index (χ2v) is 7.94. The highest BCUT2D eigenvalue weighted by molar-refractivity contribution is 5.73. The van der Waals surface area contributed by atoms with Crippen molar-refractivity contribution in [2.75, 3.05) is 6.61 Å². The number of hydrogen-bond acceptors (Lipinski definition) is 2. The van der Waals surface area contributed by atoms with Crippen molar-refractivity contribution in [2.45, 2.75) is 13.8 Å². The van der Waals surface area contributed by atoms with Gasteiger partial charge < -0.3 is 9.47 Å². The molecule has 1 aliphatic heterocycles. The van der Waals surface area contributed by atoms with Crippen LogP contribution in [0.3, 0.4) is 0 Å². The van der Waals surface area contributed by atoms with Crippen LogP contribution >= 0.6 is 0 Å². The molecule has 0 saturated heterocycles. The molecule has 0 radical (unpaired) electrons. The molecule has 2 nitrogen and oxygen atoms in total. The highest BCUT2D eigenvalue weighted by atomic mass is 127. The van der Waals surface area contributed by atoms with Crippen LogP contribution in [0.4, 0.5) is 0 Å². The summed E-state index contributed by atoms with van der Waals surface area (Å²) in [6.45, 7) is 8.65. The van der Waals surface area contributed by atoms with Crippen LogP contribution in [-0.2, 0) is 0 Å². The molecule has 0 atom stereocenters. The average molecular weight is 405 g/mol. The molecule has 22 heavy (non-hydrogen) atoms. The van der Waals surface area contributed by atoms with E-state index in [-0.39, 0.29) is 21.2 Å². The van der Waals surface area contributed by atoms with E-state index < -0.39 is 0 Å². The van der Waals surface area contributed by atoms with Gasteiger partial charge in [0.05, 0.1) is 6.61 Å². The van der Waals surface area contributed by atoms with E-state index in [2.05, 4.69) is 49.9 Å². The van der Waals surface area contributed by atoms with E-state index in [4.69, 9.17) is 9.47 Å². The van der Waals surface area contributed by atoms with Gasteiger partial charge in [-0.3, -0.25) is 0 Å². The Morgan fingerprint density at radius 3 is 2.68 bits per heavy atom. The van der Waals surface area contributed by atoms with E-state index in [9.17, 15) is 0 Å². The van der Waals surface area contributed by atoms with Crippen molar-refractivity contribution < 1.29 is 30.7 Å². The fourth-order valence-corrected chi connectivity index (χ4v) is 4.84. The summed E-state index contributed by atoms with van der Waals surface area (Å²) in [5, 5.41) is 0. The van der Waals surface area contributed by atoms with Gasteiger partial charge in [-0.1, -0.05) is 24.8 Å². The minimum atomic E-state index is -0.283. The summed E-state index contributed by atoms with van der Waals surface area (Å²) < 4.78 is 14.3. The number of fused-ring (bicyclic) bond motifs is 1. The first-order chi connectivity index (χ1) is 10.7. The maximum atomic E-state index is 5.84. The number of ether oxygens (including phenoxy) is 2. The van der Waals surface area contributed by atoms with Gasteiger partial charge >= 0.3 is 21.2 Å². The maximum Gasteiger partial charge on any atom is 0.362 e. The van der Waals surface area contributed by atoms with Crippen LogP contribution in [0.2, 0.25) is 0 Å². The molecule has 0 aromatic heterocycles. The molecule has 0 aliphatic carbocycles. The zero-order valence-corrected chi connectivity index (χ0v) is 14.9. The number of allylic oxidation sites excluding steroid dienone is 2. The first-order valence-electron chi connectivity index (χ1n) is 7.23. The Morgan fingerprint density at radius 2 is 1.95 bits per heavy atom. The Hall–Kier alpha value is -1.75. The third kappa shape index (κ3) is 3.19. The summed E-state index contributed by atoms with van der Waals surface area (Å²) in [6, 6.07) is 14.8. The molecular formula is C19H18IO2+. The molecule has 0 bridgehead atoms. The normalized spacial score (nSPS) is 13.2. The third-order valence-corrected chi connectivity index (χ3v) is 6.09. The zero-order valence-electron chi connectivity index (χ0n) is 12.7. The first-order valence-corrected chi connectivity index (χ1v) is 9.39. The van der Waals surface area contributed by atoms with Gasteiger partial charge in [0.2, 0.25) is 3.57 Å². The summed E-state index contributed by atoms with van der Waals surface area (Å²) in [7, 11) is 0. The average Bonchev–Trinajstić information content (AvgIpc) is 2.50. The molecule has 2 aromatic rings. The molecule has 0 unspecified atom stereocenters. The van der Waals surface area contributed by atoms with Crippen molar-refractivity contribution in [3.05, 3.63) is 73.6 Å². The second-order valence-electron chi connectivity index (χ2n) is 5.00. The Balaban J connectivity index is 2.04. The summed E-state index contributed by atoms with van der Waals surface area (Å²) in [4.78, 5) is 0. The van der Waals surface area contributed by atoms with Crippen LogP contribution < -0.4 is 30.7 Å². The molecule has 0 amide bonds. The van der Waals surface area contributed by atoms with Crippen molar-refractivity contribution in [1.29, 1.82) is 0 Å². The van der Waals surface area contributed by atoms with Gasteiger partial charge in [-0.15, -0.1) is 0 Å². The lowest BCUT2D eigenvalue weighted by atomic mass is 10.0. The third-order valence-electron chi connectivity index (χ3n) is 3.32. The van der Waals surface area contributed by atoms with Gasteiger partial charge in [-0.25, -0.2) is 0 Å². The highest BCUT2D eigenvalue weighted by Gasteiger charge is 2.26. The summed E-state index contributed by atoms with van der Waals surface area (Å²) in [6.07, 6.45) is 1.98. The number of halogens is 1.